The molecule has 0 bridgehead atoms. The van der Waals surface area contributed by atoms with Crippen molar-refractivity contribution in [2.24, 2.45) is 0 Å². The van der Waals surface area contributed by atoms with Crippen molar-refractivity contribution in [2.75, 3.05) is 11.1 Å². The van der Waals surface area contributed by atoms with E-state index in [4.69, 9.17) is 4.98 Å². The predicted molar refractivity (Wildman–Crippen MR) is 127 cm³/mol. The van der Waals surface area contributed by atoms with E-state index in [0.29, 0.717) is 33.4 Å². The van der Waals surface area contributed by atoms with Crippen molar-refractivity contribution in [3.05, 3.63) is 81.0 Å². The van der Waals surface area contributed by atoms with Crippen LogP contribution in [0.3, 0.4) is 0 Å². The number of carbonyl (C=O) groups is 1. The summed E-state index contributed by atoms with van der Waals surface area (Å²) in [6.07, 6.45) is 1.92. The van der Waals surface area contributed by atoms with Crippen LogP contribution in [0.15, 0.2) is 58.6 Å². The van der Waals surface area contributed by atoms with E-state index in [9.17, 15) is 14.0 Å². The van der Waals surface area contributed by atoms with E-state index in [1.165, 1.54) is 47.4 Å². The molecule has 32 heavy (non-hydrogen) atoms. The van der Waals surface area contributed by atoms with Crippen LogP contribution in [0.4, 0.5) is 10.1 Å². The topological polar surface area (TPSA) is 76.9 Å². The number of hydrogen-bond donors (Lipinski definition) is 1. The third-order valence-corrected chi connectivity index (χ3v) is 7.07. The third-order valence-electron chi connectivity index (χ3n) is 4.99. The zero-order valence-corrected chi connectivity index (χ0v) is 19.2. The number of thiophene rings is 1. The quantitative estimate of drug-likeness (QED) is 0.312. The summed E-state index contributed by atoms with van der Waals surface area (Å²) in [6.45, 7) is 4.23. The van der Waals surface area contributed by atoms with Gasteiger partial charge in [-0.1, -0.05) is 17.8 Å². The first-order valence-corrected chi connectivity index (χ1v) is 11.8. The molecule has 0 fully saturated rings. The highest BCUT2D eigenvalue weighted by molar-refractivity contribution is 7.99. The van der Waals surface area contributed by atoms with Gasteiger partial charge >= 0.3 is 0 Å². The van der Waals surface area contributed by atoms with E-state index < -0.39 is 0 Å². The molecule has 0 saturated heterocycles. The van der Waals surface area contributed by atoms with Crippen molar-refractivity contribution in [1.29, 1.82) is 0 Å². The third kappa shape index (κ3) is 4.89. The van der Waals surface area contributed by atoms with E-state index >= 15 is 0 Å². The van der Waals surface area contributed by atoms with Crippen molar-refractivity contribution in [1.82, 2.24) is 14.5 Å². The molecular formula is C23H21FN4O2S2. The number of amides is 1. The summed E-state index contributed by atoms with van der Waals surface area (Å²) < 4.78 is 14.7. The molecule has 0 aliphatic heterocycles. The Morgan fingerprint density at radius 1 is 1.19 bits per heavy atom. The summed E-state index contributed by atoms with van der Waals surface area (Å²) in [6, 6.07) is 11.2. The highest BCUT2D eigenvalue weighted by atomic mass is 32.2. The summed E-state index contributed by atoms with van der Waals surface area (Å²) in [5, 5.41) is 3.95. The minimum atomic E-state index is -0.357. The molecule has 1 N–H and O–H groups in total. The Balaban J connectivity index is 1.55. The lowest BCUT2D eigenvalue weighted by Gasteiger charge is -2.12. The highest BCUT2D eigenvalue weighted by Crippen LogP contribution is 2.28. The number of fused-ring (bicyclic) bond motifs is 1. The molecular weight excluding hydrogens is 447 g/mol. The summed E-state index contributed by atoms with van der Waals surface area (Å²) in [5.41, 5.74) is 2.15. The molecule has 1 amide bonds. The Hall–Kier alpha value is -3.04. The van der Waals surface area contributed by atoms with Gasteiger partial charge in [0, 0.05) is 28.9 Å². The zero-order chi connectivity index (χ0) is 22.7. The number of carbonyl (C=O) groups excluding carboxylic acids is 1. The minimum absolute atomic E-state index is 0.0965. The molecule has 0 radical (unpaired) electrons. The zero-order valence-electron chi connectivity index (χ0n) is 17.6. The van der Waals surface area contributed by atoms with Crippen molar-refractivity contribution < 1.29 is 9.18 Å². The SMILES string of the molecule is Cc1sc2nc(SCCC(=O)Nc3ccc(F)cc3)n(Cc3ccccn3)c(=O)c2c1C. The molecule has 0 saturated carbocycles. The van der Waals surface area contributed by atoms with Crippen LogP contribution in [-0.4, -0.2) is 26.2 Å². The molecule has 4 rings (SSSR count). The fraction of sp³-hybridized carbons (Fsp3) is 0.217. The molecule has 6 nitrogen and oxygen atoms in total. The molecule has 1 aromatic carbocycles. The van der Waals surface area contributed by atoms with Crippen molar-refractivity contribution >= 4 is 44.9 Å². The maximum atomic E-state index is 13.3. The molecule has 0 spiro atoms. The smallest absolute Gasteiger partial charge is 0.263 e. The number of aryl methyl sites for hydroxylation is 2. The van der Waals surface area contributed by atoms with Crippen LogP contribution >= 0.6 is 23.1 Å². The molecule has 164 valence electrons. The summed E-state index contributed by atoms with van der Waals surface area (Å²) >= 11 is 2.86. The summed E-state index contributed by atoms with van der Waals surface area (Å²) in [7, 11) is 0. The van der Waals surface area contributed by atoms with Crippen LogP contribution in [0.5, 0.6) is 0 Å². The Kier molecular flexibility index (Phi) is 6.66. The first-order chi connectivity index (χ1) is 15.4. The number of pyridine rings is 1. The van der Waals surface area contributed by atoms with Gasteiger partial charge in [0.05, 0.1) is 17.6 Å². The Bertz CT molecular complexity index is 1320. The van der Waals surface area contributed by atoms with E-state index in [-0.39, 0.29) is 23.7 Å². The van der Waals surface area contributed by atoms with Gasteiger partial charge < -0.3 is 5.32 Å². The normalized spacial score (nSPS) is 11.1. The van der Waals surface area contributed by atoms with Crippen molar-refractivity contribution in [3.8, 4) is 0 Å². The fourth-order valence-corrected chi connectivity index (χ4v) is 5.21. The second kappa shape index (κ2) is 9.62. The number of nitrogens with zero attached hydrogens (tertiary/aromatic N) is 3. The van der Waals surface area contributed by atoms with Crippen LogP contribution in [-0.2, 0) is 11.3 Å². The lowest BCUT2D eigenvalue weighted by molar-refractivity contribution is -0.115. The molecule has 3 heterocycles. The maximum Gasteiger partial charge on any atom is 0.263 e. The van der Waals surface area contributed by atoms with Gasteiger partial charge in [-0.15, -0.1) is 11.3 Å². The first-order valence-electron chi connectivity index (χ1n) is 10.0. The largest absolute Gasteiger partial charge is 0.326 e. The standard InChI is InChI=1S/C23H21FN4O2S2/c1-14-15(2)32-21-20(14)22(30)28(13-18-5-3-4-11-25-18)23(27-21)31-12-10-19(29)26-17-8-6-16(24)7-9-17/h3-9,11H,10,12-13H2,1-2H3,(H,26,29). The van der Waals surface area contributed by atoms with Gasteiger partial charge in [-0.25, -0.2) is 9.37 Å². The Labute approximate surface area is 192 Å². The molecule has 4 aromatic rings. The number of nitrogens with one attached hydrogen (secondary N) is 1. The Morgan fingerprint density at radius 3 is 2.69 bits per heavy atom. The Morgan fingerprint density at radius 2 is 1.97 bits per heavy atom. The van der Waals surface area contributed by atoms with Gasteiger partial charge in [0.1, 0.15) is 10.6 Å². The van der Waals surface area contributed by atoms with E-state index in [2.05, 4.69) is 10.3 Å². The molecule has 3 aromatic heterocycles. The van der Waals surface area contributed by atoms with Gasteiger partial charge in [-0.05, 0) is 55.8 Å². The minimum Gasteiger partial charge on any atom is -0.326 e. The van der Waals surface area contributed by atoms with Gasteiger partial charge in [-0.2, -0.15) is 0 Å². The highest BCUT2D eigenvalue weighted by Gasteiger charge is 2.17. The van der Waals surface area contributed by atoms with E-state index in [1.54, 1.807) is 10.8 Å². The first kappa shape index (κ1) is 22.2. The lowest BCUT2D eigenvalue weighted by Crippen LogP contribution is -2.24. The van der Waals surface area contributed by atoms with Crippen LogP contribution in [0.25, 0.3) is 10.2 Å². The predicted octanol–water partition coefficient (Wildman–Crippen LogP) is 4.78. The number of thioether (sulfide) groups is 1. The van der Waals surface area contributed by atoms with Crippen LogP contribution in [0.2, 0.25) is 0 Å². The molecule has 0 atom stereocenters. The van der Waals surface area contributed by atoms with E-state index in [0.717, 1.165) is 16.1 Å². The molecule has 0 aliphatic rings. The molecule has 0 unspecified atom stereocenters. The lowest BCUT2D eigenvalue weighted by atomic mass is 10.2. The average Bonchev–Trinajstić information content (AvgIpc) is 3.06. The van der Waals surface area contributed by atoms with Crippen LogP contribution in [0, 0.1) is 19.7 Å². The van der Waals surface area contributed by atoms with Gasteiger partial charge in [0.2, 0.25) is 5.91 Å². The second-order valence-corrected chi connectivity index (χ2v) is 9.49. The molecule has 9 heteroatoms. The summed E-state index contributed by atoms with van der Waals surface area (Å²) in [5.74, 6) is -0.104. The average molecular weight is 469 g/mol. The summed E-state index contributed by atoms with van der Waals surface area (Å²) in [4.78, 5) is 36.5. The fourth-order valence-electron chi connectivity index (χ4n) is 3.20. The monoisotopic (exact) mass is 468 g/mol. The number of halogens is 1. The number of aromatic nitrogens is 3. The number of rotatable bonds is 7. The van der Waals surface area contributed by atoms with Gasteiger partial charge in [0.25, 0.3) is 5.56 Å². The van der Waals surface area contributed by atoms with Crippen LogP contribution in [0.1, 0.15) is 22.6 Å². The number of anilines is 1. The second-order valence-electron chi connectivity index (χ2n) is 7.22. The number of hydrogen-bond acceptors (Lipinski definition) is 6. The van der Waals surface area contributed by atoms with Crippen LogP contribution < -0.4 is 10.9 Å². The van der Waals surface area contributed by atoms with E-state index in [1.807, 2.05) is 32.0 Å². The van der Waals surface area contributed by atoms with Gasteiger partial charge in [0.15, 0.2) is 5.16 Å². The van der Waals surface area contributed by atoms with Crippen molar-refractivity contribution in [3.63, 3.8) is 0 Å². The molecule has 0 aliphatic carbocycles. The van der Waals surface area contributed by atoms with Crippen molar-refractivity contribution in [2.45, 2.75) is 32.0 Å². The number of benzene rings is 1. The maximum absolute atomic E-state index is 13.3. The van der Waals surface area contributed by atoms with Gasteiger partial charge in [-0.3, -0.25) is 19.1 Å².